The van der Waals surface area contributed by atoms with Gasteiger partial charge in [-0.05, 0) is 25.3 Å². The van der Waals surface area contributed by atoms with Crippen LogP contribution in [0.3, 0.4) is 0 Å². The van der Waals surface area contributed by atoms with Gasteiger partial charge < -0.3 is 24.8 Å². The van der Waals surface area contributed by atoms with Gasteiger partial charge in [0, 0.05) is 54.3 Å². The summed E-state index contributed by atoms with van der Waals surface area (Å²) < 4.78 is 16.7. The van der Waals surface area contributed by atoms with Crippen LogP contribution in [0.2, 0.25) is 5.02 Å². The van der Waals surface area contributed by atoms with Gasteiger partial charge >= 0.3 is 0 Å². The molecule has 174 valence electrons. The molecule has 0 saturated carbocycles. The fourth-order valence-electron chi connectivity index (χ4n) is 4.98. The van der Waals surface area contributed by atoms with Crippen molar-refractivity contribution in [2.45, 2.75) is 26.2 Å². The fourth-order valence-corrected chi connectivity index (χ4v) is 5.31. The number of anilines is 2. The number of fused-ring (bicyclic) bond motifs is 1. The van der Waals surface area contributed by atoms with Crippen molar-refractivity contribution in [1.29, 1.82) is 0 Å². The predicted octanol–water partition coefficient (Wildman–Crippen LogP) is 4.12. The first-order valence-electron chi connectivity index (χ1n) is 11.2. The summed E-state index contributed by atoms with van der Waals surface area (Å²) in [6, 6.07) is 3.65. The zero-order chi connectivity index (χ0) is 23.2. The number of nitrogen functional groups attached to an aromatic ring is 1. The molecule has 2 aromatic heterocycles. The number of pyridine rings is 1. The van der Waals surface area contributed by atoms with Gasteiger partial charge in [-0.3, -0.25) is 0 Å². The minimum atomic E-state index is 0.291. The second-order valence-electron chi connectivity index (χ2n) is 8.77. The van der Waals surface area contributed by atoms with Crippen LogP contribution in [-0.2, 0) is 11.2 Å². The summed E-state index contributed by atoms with van der Waals surface area (Å²) >= 11 is 6.81. The SMILES string of the molecule is CCc1c(OC)cc(OC)c(Cl)c1-c1nc(N2CC3(CCOCC3)C2)c2cc(N)ncc2n1. The lowest BCUT2D eigenvalue weighted by Crippen LogP contribution is -2.59. The van der Waals surface area contributed by atoms with Crippen LogP contribution in [0.25, 0.3) is 22.3 Å². The molecule has 0 amide bonds. The van der Waals surface area contributed by atoms with Crippen LogP contribution in [0.4, 0.5) is 11.6 Å². The molecule has 0 radical (unpaired) electrons. The second-order valence-corrected chi connectivity index (χ2v) is 9.15. The van der Waals surface area contributed by atoms with Crippen LogP contribution in [0.15, 0.2) is 18.3 Å². The van der Waals surface area contributed by atoms with E-state index in [4.69, 9.17) is 41.5 Å². The van der Waals surface area contributed by atoms with Crippen LogP contribution >= 0.6 is 11.6 Å². The topological polar surface area (TPSA) is 95.6 Å². The number of nitrogens with two attached hydrogens (primary N) is 1. The van der Waals surface area contributed by atoms with Gasteiger partial charge in [0.25, 0.3) is 0 Å². The third-order valence-corrected chi connectivity index (χ3v) is 7.18. The van der Waals surface area contributed by atoms with Gasteiger partial charge in [0.2, 0.25) is 0 Å². The molecule has 0 bridgehead atoms. The average Bonchev–Trinajstić information content (AvgIpc) is 2.82. The van der Waals surface area contributed by atoms with Crippen molar-refractivity contribution < 1.29 is 14.2 Å². The molecule has 0 unspecified atom stereocenters. The van der Waals surface area contributed by atoms with Crippen LogP contribution in [-0.4, -0.2) is 55.5 Å². The quantitative estimate of drug-likeness (QED) is 0.596. The lowest BCUT2D eigenvalue weighted by Gasteiger charge is -2.53. The van der Waals surface area contributed by atoms with Crippen molar-refractivity contribution in [1.82, 2.24) is 15.0 Å². The van der Waals surface area contributed by atoms with E-state index in [-0.39, 0.29) is 0 Å². The maximum atomic E-state index is 6.81. The van der Waals surface area contributed by atoms with Crippen molar-refractivity contribution >= 4 is 34.1 Å². The van der Waals surface area contributed by atoms with Crippen LogP contribution in [0, 0.1) is 5.41 Å². The number of nitrogens with zero attached hydrogens (tertiary/aromatic N) is 4. The highest BCUT2D eigenvalue weighted by molar-refractivity contribution is 6.35. The van der Waals surface area contributed by atoms with Gasteiger partial charge in [0.1, 0.15) is 23.1 Å². The molecule has 2 saturated heterocycles. The second kappa shape index (κ2) is 8.50. The summed E-state index contributed by atoms with van der Waals surface area (Å²) in [7, 11) is 3.22. The predicted molar refractivity (Wildman–Crippen MR) is 129 cm³/mol. The Kier molecular flexibility index (Phi) is 5.66. The average molecular weight is 470 g/mol. The van der Waals surface area contributed by atoms with Crippen LogP contribution < -0.4 is 20.1 Å². The van der Waals surface area contributed by atoms with E-state index in [1.807, 2.05) is 6.07 Å². The van der Waals surface area contributed by atoms with Crippen molar-refractivity contribution in [2.75, 3.05) is 51.2 Å². The maximum Gasteiger partial charge on any atom is 0.164 e. The molecule has 33 heavy (non-hydrogen) atoms. The van der Waals surface area contributed by atoms with E-state index in [0.717, 1.165) is 67.0 Å². The molecule has 0 aliphatic carbocycles. The number of halogens is 1. The Bertz CT molecular complexity index is 1200. The third-order valence-electron chi connectivity index (χ3n) is 6.80. The Hall–Kier alpha value is -2.84. The van der Waals surface area contributed by atoms with Crippen molar-refractivity contribution in [3.63, 3.8) is 0 Å². The van der Waals surface area contributed by atoms with E-state index in [9.17, 15) is 0 Å². The molecule has 0 atom stereocenters. The highest BCUT2D eigenvalue weighted by atomic mass is 35.5. The molecular weight excluding hydrogens is 442 g/mol. The van der Waals surface area contributed by atoms with E-state index in [1.165, 1.54) is 0 Å². The number of hydrogen-bond donors (Lipinski definition) is 1. The van der Waals surface area contributed by atoms with Gasteiger partial charge in [0.05, 0.1) is 31.0 Å². The maximum absolute atomic E-state index is 6.81. The first-order valence-corrected chi connectivity index (χ1v) is 11.6. The van der Waals surface area contributed by atoms with E-state index < -0.39 is 0 Å². The van der Waals surface area contributed by atoms with E-state index >= 15 is 0 Å². The molecule has 3 aromatic rings. The first-order chi connectivity index (χ1) is 16.0. The summed E-state index contributed by atoms with van der Waals surface area (Å²) in [6.07, 6.45) is 4.54. The molecular formula is C24H28ClN5O3. The van der Waals surface area contributed by atoms with Gasteiger partial charge in [-0.25, -0.2) is 15.0 Å². The number of hydrogen-bond acceptors (Lipinski definition) is 8. The Morgan fingerprint density at radius 1 is 1.12 bits per heavy atom. The van der Waals surface area contributed by atoms with E-state index in [0.29, 0.717) is 40.0 Å². The molecule has 2 N–H and O–H groups in total. The van der Waals surface area contributed by atoms with Gasteiger partial charge in [-0.1, -0.05) is 18.5 Å². The number of rotatable bonds is 5. The Morgan fingerprint density at radius 3 is 2.52 bits per heavy atom. The standard InChI is InChI=1S/C24H28ClN5O3/c1-4-14-17(31-2)10-18(32-3)21(25)20(14)22-28-16-11-27-19(26)9-15(16)23(29-22)30-12-24(13-30)5-7-33-8-6-24/h9-11H,4-8,12-13H2,1-3H3,(H2,26,27). The Balaban J connectivity index is 1.68. The minimum absolute atomic E-state index is 0.291. The fraction of sp³-hybridized carbons (Fsp3) is 0.458. The summed E-state index contributed by atoms with van der Waals surface area (Å²) in [5.41, 5.74) is 8.69. The number of ether oxygens (including phenoxy) is 3. The lowest BCUT2D eigenvalue weighted by atomic mass is 9.73. The van der Waals surface area contributed by atoms with Gasteiger partial charge in [0.15, 0.2) is 5.82 Å². The molecule has 1 spiro atoms. The van der Waals surface area contributed by atoms with E-state index in [1.54, 1.807) is 26.5 Å². The molecule has 2 aliphatic heterocycles. The molecule has 9 heteroatoms. The largest absolute Gasteiger partial charge is 0.496 e. The van der Waals surface area contributed by atoms with Gasteiger partial charge in [-0.15, -0.1) is 0 Å². The highest BCUT2D eigenvalue weighted by Crippen LogP contribution is 2.46. The van der Waals surface area contributed by atoms with Gasteiger partial charge in [-0.2, -0.15) is 0 Å². The number of aromatic nitrogens is 3. The Labute approximate surface area is 198 Å². The lowest BCUT2D eigenvalue weighted by molar-refractivity contribution is -0.000353. The molecule has 4 heterocycles. The number of benzene rings is 1. The molecule has 8 nitrogen and oxygen atoms in total. The summed E-state index contributed by atoms with van der Waals surface area (Å²) in [5, 5.41) is 1.35. The molecule has 1 aromatic carbocycles. The smallest absolute Gasteiger partial charge is 0.164 e. The zero-order valence-corrected chi connectivity index (χ0v) is 19.9. The number of methoxy groups -OCH3 is 2. The highest BCUT2D eigenvalue weighted by Gasteiger charge is 2.45. The summed E-state index contributed by atoms with van der Waals surface area (Å²) in [4.78, 5) is 16.5. The zero-order valence-electron chi connectivity index (χ0n) is 19.2. The van der Waals surface area contributed by atoms with Crippen LogP contribution in [0.5, 0.6) is 11.5 Å². The molecule has 5 rings (SSSR count). The third kappa shape index (κ3) is 3.71. The Morgan fingerprint density at radius 2 is 1.85 bits per heavy atom. The van der Waals surface area contributed by atoms with Crippen molar-refractivity contribution in [2.24, 2.45) is 5.41 Å². The normalized spacial score (nSPS) is 17.3. The van der Waals surface area contributed by atoms with E-state index in [2.05, 4.69) is 16.8 Å². The minimum Gasteiger partial charge on any atom is -0.496 e. The van der Waals surface area contributed by atoms with Crippen LogP contribution in [0.1, 0.15) is 25.3 Å². The van der Waals surface area contributed by atoms with Crippen molar-refractivity contribution in [3.8, 4) is 22.9 Å². The monoisotopic (exact) mass is 469 g/mol. The summed E-state index contributed by atoms with van der Waals surface area (Å²) in [5.74, 6) is 3.03. The molecule has 2 fully saturated rings. The first kappa shape index (κ1) is 22.0. The molecule has 2 aliphatic rings. The van der Waals surface area contributed by atoms with Crippen molar-refractivity contribution in [3.05, 3.63) is 28.9 Å². The summed E-state index contributed by atoms with van der Waals surface area (Å²) in [6.45, 7) is 5.55.